The summed E-state index contributed by atoms with van der Waals surface area (Å²) in [7, 11) is -1.31. The van der Waals surface area contributed by atoms with E-state index in [0.717, 1.165) is 12.8 Å². The van der Waals surface area contributed by atoms with Gasteiger partial charge in [-0.2, -0.15) is 0 Å². The molecule has 1 aromatic rings. The van der Waals surface area contributed by atoms with Crippen LogP contribution in [0.4, 0.5) is 5.69 Å². The van der Waals surface area contributed by atoms with Crippen molar-refractivity contribution in [1.82, 2.24) is 5.32 Å². The van der Waals surface area contributed by atoms with Crippen molar-refractivity contribution in [3.8, 4) is 0 Å². The number of carbonyl (C=O) groups is 1. The van der Waals surface area contributed by atoms with E-state index in [0.29, 0.717) is 10.6 Å². The quantitative estimate of drug-likeness (QED) is 0.771. The lowest BCUT2D eigenvalue weighted by Crippen LogP contribution is -2.36. The van der Waals surface area contributed by atoms with Crippen LogP contribution in [0.5, 0.6) is 0 Å². The number of hydrogen-bond acceptors (Lipinski definition) is 3. The summed E-state index contributed by atoms with van der Waals surface area (Å²) in [4.78, 5) is 12.3. The first-order chi connectivity index (χ1) is 8.56. The van der Waals surface area contributed by atoms with Gasteiger partial charge in [-0.05, 0) is 37.1 Å². The Labute approximate surface area is 110 Å². The van der Waals surface area contributed by atoms with E-state index in [4.69, 9.17) is 5.73 Å². The van der Waals surface area contributed by atoms with Crippen molar-refractivity contribution in [3.05, 3.63) is 24.3 Å². The van der Waals surface area contributed by atoms with Crippen molar-refractivity contribution in [2.24, 2.45) is 0 Å². The van der Waals surface area contributed by atoms with Crippen LogP contribution in [0.1, 0.15) is 26.7 Å². The Morgan fingerprint density at radius 3 is 2.33 bits per heavy atom. The Bertz CT molecular complexity index is 414. The van der Waals surface area contributed by atoms with Crippen LogP contribution < -0.4 is 11.1 Å². The molecule has 100 valence electrons. The van der Waals surface area contributed by atoms with Crippen molar-refractivity contribution >= 4 is 22.4 Å². The van der Waals surface area contributed by atoms with E-state index in [-0.39, 0.29) is 17.7 Å². The van der Waals surface area contributed by atoms with Gasteiger partial charge < -0.3 is 11.1 Å². The van der Waals surface area contributed by atoms with Crippen molar-refractivity contribution in [3.63, 3.8) is 0 Å². The summed E-state index contributed by atoms with van der Waals surface area (Å²) in [6, 6.07) is 6.92. The van der Waals surface area contributed by atoms with Crippen LogP contribution >= 0.6 is 0 Å². The largest absolute Gasteiger partial charge is 0.399 e. The molecule has 0 aromatic heterocycles. The third kappa shape index (κ3) is 4.49. The van der Waals surface area contributed by atoms with Gasteiger partial charge in [0.1, 0.15) is 5.75 Å². The Morgan fingerprint density at radius 1 is 1.28 bits per heavy atom. The number of nitrogen functional groups attached to an aromatic ring is 1. The molecular formula is C13H20N2O2S. The normalized spacial score (nSPS) is 12.4. The lowest BCUT2D eigenvalue weighted by molar-refractivity contribution is -0.119. The molecular weight excluding hydrogens is 248 g/mol. The first-order valence-corrected chi connectivity index (χ1v) is 7.42. The molecule has 1 rings (SSSR count). The zero-order chi connectivity index (χ0) is 13.5. The predicted octanol–water partition coefficient (Wildman–Crippen LogP) is 1.68. The van der Waals surface area contributed by atoms with Gasteiger partial charge in [-0.15, -0.1) is 0 Å². The van der Waals surface area contributed by atoms with Crippen molar-refractivity contribution in [2.45, 2.75) is 37.6 Å². The molecule has 5 heteroatoms. The second-order valence-corrected chi connectivity index (χ2v) is 5.59. The Hall–Kier alpha value is -1.36. The van der Waals surface area contributed by atoms with Gasteiger partial charge in [0.2, 0.25) is 5.91 Å². The molecule has 0 spiro atoms. The van der Waals surface area contributed by atoms with Gasteiger partial charge in [0.25, 0.3) is 0 Å². The number of nitrogens with one attached hydrogen (secondary N) is 1. The van der Waals surface area contributed by atoms with E-state index in [1.807, 2.05) is 13.8 Å². The molecule has 0 radical (unpaired) electrons. The average molecular weight is 268 g/mol. The van der Waals surface area contributed by atoms with Gasteiger partial charge in [-0.1, -0.05) is 13.8 Å². The van der Waals surface area contributed by atoms with Gasteiger partial charge in [0.15, 0.2) is 0 Å². The maximum atomic E-state index is 11.9. The van der Waals surface area contributed by atoms with Gasteiger partial charge in [-0.25, -0.2) is 0 Å². The highest BCUT2D eigenvalue weighted by molar-refractivity contribution is 7.85. The monoisotopic (exact) mass is 268 g/mol. The smallest absolute Gasteiger partial charge is 0.233 e. The van der Waals surface area contributed by atoms with E-state index in [1.165, 1.54) is 0 Å². The molecule has 1 atom stereocenters. The van der Waals surface area contributed by atoms with Crippen LogP contribution in [0.3, 0.4) is 0 Å². The molecule has 0 bridgehead atoms. The molecule has 0 saturated heterocycles. The van der Waals surface area contributed by atoms with Crippen molar-refractivity contribution in [1.29, 1.82) is 0 Å². The third-order valence-corrected chi connectivity index (χ3v) is 4.08. The Morgan fingerprint density at radius 2 is 1.83 bits per heavy atom. The van der Waals surface area contributed by atoms with E-state index in [1.54, 1.807) is 24.3 Å². The minimum Gasteiger partial charge on any atom is -0.399 e. The second-order valence-electron chi connectivity index (χ2n) is 4.14. The summed E-state index contributed by atoms with van der Waals surface area (Å²) in [5.41, 5.74) is 6.17. The summed E-state index contributed by atoms with van der Waals surface area (Å²) in [6.45, 7) is 4.04. The number of rotatable bonds is 6. The summed E-state index contributed by atoms with van der Waals surface area (Å²) in [5.74, 6) is -0.167. The third-order valence-electron chi connectivity index (χ3n) is 2.76. The highest BCUT2D eigenvalue weighted by Gasteiger charge is 2.13. The minimum atomic E-state index is -1.31. The first kappa shape index (κ1) is 14.7. The highest BCUT2D eigenvalue weighted by Crippen LogP contribution is 2.10. The number of amides is 1. The molecule has 0 saturated carbocycles. The minimum absolute atomic E-state index is 0.000415. The van der Waals surface area contributed by atoms with Crippen LogP contribution in [0, 0.1) is 0 Å². The molecule has 0 heterocycles. The van der Waals surface area contributed by atoms with Crippen LogP contribution in [0.15, 0.2) is 29.2 Å². The molecule has 3 N–H and O–H groups in total. The molecule has 0 aliphatic rings. The number of nitrogens with two attached hydrogens (primary N) is 1. The number of anilines is 1. The van der Waals surface area contributed by atoms with Crippen LogP contribution in [0.2, 0.25) is 0 Å². The zero-order valence-electron chi connectivity index (χ0n) is 10.8. The highest BCUT2D eigenvalue weighted by atomic mass is 32.2. The van der Waals surface area contributed by atoms with Crippen LogP contribution in [0.25, 0.3) is 0 Å². The number of benzene rings is 1. The average Bonchev–Trinajstić information content (AvgIpc) is 2.36. The fourth-order valence-corrected chi connectivity index (χ4v) is 2.51. The molecule has 1 amide bonds. The molecule has 1 aromatic carbocycles. The SMILES string of the molecule is CCC(CC)NC(=O)CS(=O)c1ccc(N)cc1. The number of carbonyl (C=O) groups excluding carboxylic acids is 1. The van der Waals surface area contributed by atoms with E-state index in [9.17, 15) is 9.00 Å². The molecule has 18 heavy (non-hydrogen) atoms. The predicted molar refractivity (Wildman–Crippen MR) is 74.6 cm³/mol. The van der Waals surface area contributed by atoms with Crippen molar-refractivity contribution < 1.29 is 9.00 Å². The molecule has 0 aliphatic heterocycles. The topological polar surface area (TPSA) is 72.2 Å². The lowest BCUT2D eigenvalue weighted by atomic mass is 10.2. The summed E-state index contributed by atoms with van der Waals surface area (Å²) < 4.78 is 11.9. The van der Waals surface area contributed by atoms with E-state index >= 15 is 0 Å². The fraction of sp³-hybridized carbons (Fsp3) is 0.462. The molecule has 4 nitrogen and oxygen atoms in total. The zero-order valence-corrected chi connectivity index (χ0v) is 11.6. The van der Waals surface area contributed by atoms with Gasteiger partial charge in [0.05, 0.1) is 10.8 Å². The summed E-state index contributed by atoms with van der Waals surface area (Å²) in [6.07, 6.45) is 1.77. The van der Waals surface area contributed by atoms with Crippen LogP contribution in [-0.4, -0.2) is 21.9 Å². The van der Waals surface area contributed by atoms with Gasteiger partial charge in [0, 0.05) is 16.6 Å². The molecule has 1 unspecified atom stereocenters. The summed E-state index contributed by atoms with van der Waals surface area (Å²) >= 11 is 0. The Balaban J connectivity index is 2.54. The van der Waals surface area contributed by atoms with E-state index in [2.05, 4.69) is 5.32 Å². The second kappa shape index (κ2) is 7.16. The molecule has 0 fully saturated rings. The fourth-order valence-electron chi connectivity index (χ4n) is 1.58. The van der Waals surface area contributed by atoms with Crippen LogP contribution in [-0.2, 0) is 15.6 Å². The van der Waals surface area contributed by atoms with Crippen molar-refractivity contribution in [2.75, 3.05) is 11.5 Å². The first-order valence-electron chi connectivity index (χ1n) is 6.10. The molecule has 0 aliphatic carbocycles. The lowest BCUT2D eigenvalue weighted by Gasteiger charge is -2.14. The maximum absolute atomic E-state index is 11.9. The maximum Gasteiger partial charge on any atom is 0.233 e. The number of hydrogen-bond donors (Lipinski definition) is 2. The van der Waals surface area contributed by atoms with Gasteiger partial charge in [-0.3, -0.25) is 9.00 Å². The standard InChI is InChI=1S/C13H20N2O2S/c1-3-11(4-2)15-13(16)9-18(17)12-7-5-10(14)6-8-12/h5-8,11H,3-4,9,14H2,1-2H3,(H,15,16). The van der Waals surface area contributed by atoms with E-state index < -0.39 is 10.8 Å². The Kier molecular flexibility index (Phi) is 5.85. The summed E-state index contributed by atoms with van der Waals surface area (Å²) in [5, 5.41) is 2.87. The van der Waals surface area contributed by atoms with Gasteiger partial charge >= 0.3 is 0 Å².